The lowest BCUT2D eigenvalue weighted by molar-refractivity contribution is 1.14. The predicted octanol–water partition coefficient (Wildman–Crippen LogP) is 19.7. The van der Waals surface area contributed by atoms with E-state index in [0.29, 0.717) is 47.5 Å². The monoisotopic (exact) mass is 989 g/mol. The largest absolute Gasteiger partial charge is 0.316 e. The maximum Gasteiger partial charge on any atom is 0.220 e. The molecule has 0 bridgehead atoms. The van der Waals surface area contributed by atoms with Crippen molar-refractivity contribution in [2.75, 3.05) is 0 Å². The molecule has 0 aliphatic carbocycles. The van der Waals surface area contributed by atoms with Gasteiger partial charge >= 0.3 is 0 Å². The third-order valence-electron chi connectivity index (χ3n) is 14.0. The van der Waals surface area contributed by atoms with E-state index in [4.69, 9.17) is 9.60 Å². The van der Waals surface area contributed by atoms with E-state index < -0.39 is 119 Å². The molecule has 0 aliphatic heterocycles. The molecule has 11 aromatic carbocycles. The molecule has 342 valence electrons. The molecular formula is C68H38N4S2. The maximum atomic E-state index is 12.4. The summed E-state index contributed by atoms with van der Waals surface area (Å²) in [7, 11) is 0. The van der Waals surface area contributed by atoms with Gasteiger partial charge < -0.3 is 9.13 Å². The molecule has 15 rings (SSSR count). The molecule has 0 spiro atoms. The van der Waals surface area contributed by atoms with E-state index in [9.17, 15) is 22.8 Å². The van der Waals surface area contributed by atoms with Crippen LogP contribution in [0.2, 0.25) is 0 Å². The molecule has 0 saturated heterocycles. The number of hydrogen-bond acceptors (Lipinski definition) is 3. The number of benzene rings is 11. The number of hydrogen-bond donors (Lipinski definition) is 0. The molecule has 4 heterocycles. The first-order valence-electron chi connectivity index (χ1n) is 30.9. The number of thiophene rings is 2. The van der Waals surface area contributed by atoms with E-state index in [1.54, 1.807) is 47.0 Å². The Kier molecular flexibility index (Phi) is 6.62. The molecular weight excluding hydrogens is 937 g/mol. The van der Waals surface area contributed by atoms with Crippen LogP contribution in [0, 0.1) is 17.9 Å². The Morgan fingerprint density at radius 1 is 0.446 bits per heavy atom. The average Bonchev–Trinajstić information content (AvgIpc) is 1.58. The Labute approximate surface area is 454 Å². The van der Waals surface area contributed by atoms with Crippen molar-refractivity contribution in [3.8, 4) is 62.0 Å². The fourth-order valence-corrected chi connectivity index (χ4v) is 13.5. The van der Waals surface area contributed by atoms with E-state index in [2.05, 4.69) is 17.0 Å². The lowest BCUT2D eigenvalue weighted by Gasteiger charge is -2.26. The number of nitrogens with zero attached hydrogens (tertiary/aromatic N) is 4. The standard InChI is InChI=1S/C68H38N4S2/c1-70-62-59(43-24-10-4-11-25-43)54(40-69)63(71-55-31-17-14-28-46(55)47-35-34-45(38-56(47)71)41-20-6-2-7-21-41)60(44-26-12-5-13-27-44)65(62)72-64-51(37-36-50-48-29-15-18-32-57(48)73-67(50)64)61-52(42-22-8-3-9-23-42)39-53-49-30-16-19-33-58(49)74-68(53)66(61)72/h2-39H/i2D,4D,5D,6D,7D,10D,11D,12D,13D,20D,21D,24D,25D,26D,27D. The van der Waals surface area contributed by atoms with Crippen molar-refractivity contribution in [1.29, 1.82) is 5.26 Å². The van der Waals surface area contributed by atoms with Crippen molar-refractivity contribution in [3.63, 3.8) is 0 Å². The first-order valence-corrected chi connectivity index (χ1v) is 25.1. The van der Waals surface area contributed by atoms with Gasteiger partial charge in [-0.2, -0.15) is 5.26 Å². The zero-order valence-electron chi connectivity index (χ0n) is 53.4. The molecule has 0 amide bonds. The van der Waals surface area contributed by atoms with Crippen LogP contribution < -0.4 is 0 Å². The minimum atomic E-state index is -0.776. The summed E-state index contributed by atoms with van der Waals surface area (Å²) in [5.41, 5.74) is 0.168. The van der Waals surface area contributed by atoms with Crippen LogP contribution in [0.15, 0.2) is 230 Å². The summed E-state index contributed by atoms with van der Waals surface area (Å²) >= 11 is 2.95. The van der Waals surface area contributed by atoms with Gasteiger partial charge in [0.25, 0.3) is 0 Å². The Morgan fingerprint density at radius 3 is 1.68 bits per heavy atom. The summed E-state index contributed by atoms with van der Waals surface area (Å²) in [6.07, 6.45) is 0. The fourth-order valence-electron chi connectivity index (χ4n) is 11.1. The van der Waals surface area contributed by atoms with Gasteiger partial charge in [0.15, 0.2) is 0 Å². The number of para-hydroxylation sites is 1. The second-order valence-electron chi connectivity index (χ2n) is 17.7. The predicted molar refractivity (Wildman–Crippen MR) is 314 cm³/mol. The molecule has 15 aromatic rings. The smallest absolute Gasteiger partial charge is 0.220 e. The summed E-state index contributed by atoms with van der Waals surface area (Å²) < 4.78 is 146. The van der Waals surface area contributed by atoms with Crippen LogP contribution in [0.5, 0.6) is 0 Å². The molecule has 74 heavy (non-hydrogen) atoms. The van der Waals surface area contributed by atoms with Crippen molar-refractivity contribution < 1.29 is 20.6 Å². The molecule has 4 aromatic heterocycles. The second-order valence-corrected chi connectivity index (χ2v) is 19.8. The summed E-state index contributed by atoms with van der Waals surface area (Å²) in [6, 6.07) is 35.6. The zero-order valence-corrected chi connectivity index (χ0v) is 40.0. The third-order valence-corrected chi connectivity index (χ3v) is 16.4. The Hall–Kier alpha value is -9.56. The Bertz CT molecular complexity index is 5760. The quantitative estimate of drug-likeness (QED) is 0.153. The first-order chi connectivity index (χ1) is 42.9. The molecule has 0 unspecified atom stereocenters. The topological polar surface area (TPSA) is 38.0 Å². The number of nitriles is 1. The minimum absolute atomic E-state index is 0.139. The van der Waals surface area contributed by atoms with Crippen LogP contribution in [0.3, 0.4) is 0 Å². The van der Waals surface area contributed by atoms with Crippen LogP contribution in [0.25, 0.3) is 145 Å². The highest BCUT2D eigenvalue weighted by molar-refractivity contribution is 7.27. The molecule has 0 radical (unpaired) electrons. The highest BCUT2D eigenvalue weighted by Gasteiger charge is 2.34. The normalized spacial score (nSPS) is 14.6. The number of aromatic nitrogens is 2. The highest BCUT2D eigenvalue weighted by Crippen LogP contribution is 2.56. The van der Waals surface area contributed by atoms with Gasteiger partial charge in [-0.25, -0.2) is 4.85 Å². The van der Waals surface area contributed by atoms with Crippen molar-refractivity contribution >= 4 is 112 Å². The van der Waals surface area contributed by atoms with E-state index in [1.165, 1.54) is 22.7 Å². The van der Waals surface area contributed by atoms with Gasteiger partial charge in [-0.1, -0.05) is 200 Å². The Morgan fingerprint density at radius 2 is 1.00 bits per heavy atom. The van der Waals surface area contributed by atoms with E-state index in [0.717, 1.165) is 42.1 Å². The lowest BCUT2D eigenvalue weighted by atomic mass is 9.88. The fraction of sp³-hybridized carbons (Fsp3) is 0. The van der Waals surface area contributed by atoms with Crippen LogP contribution in [0.1, 0.15) is 26.1 Å². The summed E-state index contributed by atoms with van der Waals surface area (Å²) in [6.45, 7) is 9.71. The average molecular weight is 990 g/mol. The van der Waals surface area contributed by atoms with Gasteiger partial charge in [-0.15, -0.1) is 22.7 Å². The van der Waals surface area contributed by atoms with Gasteiger partial charge in [0.2, 0.25) is 5.69 Å². The van der Waals surface area contributed by atoms with Crippen LogP contribution >= 0.6 is 22.7 Å². The first kappa shape index (κ1) is 29.7. The number of fused-ring (bicyclic) bond motifs is 14. The maximum absolute atomic E-state index is 12.4. The van der Waals surface area contributed by atoms with Gasteiger partial charge in [-0.3, -0.25) is 0 Å². The van der Waals surface area contributed by atoms with Gasteiger partial charge in [0.05, 0.1) is 75.5 Å². The van der Waals surface area contributed by atoms with E-state index in [-0.39, 0.29) is 33.6 Å². The van der Waals surface area contributed by atoms with E-state index in [1.807, 2.05) is 95.6 Å². The summed E-state index contributed by atoms with van der Waals surface area (Å²) in [4.78, 5) is 4.36. The molecule has 0 atom stereocenters. The molecule has 0 saturated carbocycles. The highest BCUT2D eigenvalue weighted by atomic mass is 32.1. The Balaban J connectivity index is 1.31. The molecule has 6 heteroatoms. The van der Waals surface area contributed by atoms with Crippen molar-refractivity contribution in [2.45, 2.75) is 0 Å². The third kappa shape index (κ3) is 6.05. The SMILES string of the molecule is [2H]c1c([2H])c([2H])c(-c2ccc3c4ccccc4n(-c4c(C#N)c(-c5c([2H])c([2H])c([2H])c([2H])c5[2H])c([N+]#[C-])c(-n5c6c(ccc7c8ccccc8sc76)c6c(-c7ccccc7)cc7c8ccccc8sc7c65)c4-c4c([2H])c([2H])c([2H])c([2H])c4[2H])c3c2)c([2H])c1[2H]. The summed E-state index contributed by atoms with van der Waals surface area (Å²) in [5, 5.41) is 18.2. The van der Waals surface area contributed by atoms with Gasteiger partial charge in [0.1, 0.15) is 6.07 Å². The number of rotatable bonds is 6. The van der Waals surface area contributed by atoms with Crippen LogP contribution in [-0.2, 0) is 0 Å². The van der Waals surface area contributed by atoms with Crippen LogP contribution in [0.4, 0.5) is 5.69 Å². The zero-order chi connectivity index (χ0) is 62.1. The lowest BCUT2D eigenvalue weighted by Crippen LogP contribution is -2.09. The van der Waals surface area contributed by atoms with Crippen molar-refractivity contribution in [3.05, 3.63) is 247 Å². The molecule has 0 fully saturated rings. The summed E-state index contributed by atoms with van der Waals surface area (Å²) in [5.74, 6) is 0. The molecule has 0 aliphatic rings. The van der Waals surface area contributed by atoms with Crippen molar-refractivity contribution in [2.24, 2.45) is 0 Å². The van der Waals surface area contributed by atoms with Gasteiger partial charge in [0, 0.05) is 63.6 Å². The molecule has 0 N–H and O–H groups in total. The molecule has 4 nitrogen and oxygen atoms in total. The van der Waals surface area contributed by atoms with Gasteiger partial charge in [-0.05, 0) is 63.7 Å². The van der Waals surface area contributed by atoms with Crippen LogP contribution in [-0.4, -0.2) is 9.13 Å². The minimum Gasteiger partial charge on any atom is -0.316 e. The van der Waals surface area contributed by atoms with E-state index >= 15 is 0 Å². The second kappa shape index (κ2) is 16.5. The van der Waals surface area contributed by atoms with Crippen molar-refractivity contribution in [1.82, 2.24) is 9.13 Å².